The third-order valence-electron chi connectivity index (χ3n) is 13.0. The predicted octanol–water partition coefficient (Wildman–Crippen LogP) is 7.78. The number of aliphatic hydroxyl groups excluding tert-OH is 2. The van der Waals surface area contributed by atoms with Crippen LogP contribution in [0, 0.1) is 35.5 Å². The Labute approximate surface area is 299 Å². The lowest BCUT2D eigenvalue weighted by Gasteiger charge is -2.50. The molecule has 1 aromatic carbocycles. The van der Waals surface area contributed by atoms with Crippen LogP contribution in [0.4, 0.5) is 0 Å². The number of carbonyl (C=O) groups is 1. The molecular weight excluding hydrogens is 626 g/mol. The first-order valence-electron chi connectivity index (χ1n) is 19.8. The number of cyclic esters (lactones) is 1. The van der Waals surface area contributed by atoms with Crippen molar-refractivity contribution in [3.05, 3.63) is 82.2 Å². The monoisotopic (exact) mass is 685 g/mol. The van der Waals surface area contributed by atoms with Gasteiger partial charge in [-0.2, -0.15) is 0 Å². The number of benzene rings is 1. The quantitative estimate of drug-likeness (QED) is 0.140. The highest BCUT2D eigenvalue weighted by Gasteiger charge is 2.52. The van der Waals surface area contributed by atoms with Crippen molar-refractivity contribution in [2.45, 2.75) is 122 Å². The fraction of sp³-hybridized carbons (Fsp3) is 0.651. The van der Waals surface area contributed by atoms with Gasteiger partial charge in [0.2, 0.25) is 5.76 Å². The Morgan fingerprint density at radius 2 is 1.88 bits per heavy atom. The summed E-state index contributed by atoms with van der Waals surface area (Å²) in [5, 5.41) is 22.4. The molecule has 3 fully saturated rings. The van der Waals surface area contributed by atoms with Crippen LogP contribution in [-0.4, -0.2) is 59.5 Å². The van der Waals surface area contributed by atoms with Crippen molar-refractivity contribution >= 4 is 5.97 Å². The number of nitrogens with zero attached hydrogens (tertiary/aromatic N) is 1. The number of unbranched alkanes of at least 4 members (excludes halogenated alkanes) is 2. The molecule has 0 amide bonds. The van der Waals surface area contributed by atoms with Gasteiger partial charge in [-0.25, -0.2) is 4.79 Å². The molecule has 7 nitrogen and oxygen atoms in total. The minimum absolute atomic E-state index is 0.0554. The molecule has 0 unspecified atom stereocenters. The van der Waals surface area contributed by atoms with Gasteiger partial charge in [-0.3, -0.25) is 4.90 Å². The number of hydrogen-bond donors (Lipinski definition) is 2. The van der Waals surface area contributed by atoms with Crippen molar-refractivity contribution in [1.29, 1.82) is 0 Å². The second-order valence-corrected chi connectivity index (χ2v) is 16.1. The van der Waals surface area contributed by atoms with Gasteiger partial charge < -0.3 is 24.4 Å². The third-order valence-corrected chi connectivity index (χ3v) is 13.0. The molecule has 7 heteroatoms. The van der Waals surface area contributed by atoms with Gasteiger partial charge >= 0.3 is 5.97 Å². The number of rotatable bonds is 11. The van der Waals surface area contributed by atoms with Crippen molar-refractivity contribution in [3.8, 4) is 0 Å². The Bertz CT molecular complexity index is 1500. The normalized spacial score (nSPS) is 33.8. The first-order chi connectivity index (χ1) is 24.4. The summed E-state index contributed by atoms with van der Waals surface area (Å²) in [7, 11) is 1.50. The van der Waals surface area contributed by atoms with Crippen LogP contribution in [0.1, 0.15) is 102 Å². The summed E-state index contributed by atoms with van der Waals surface area (Å²) in [5.74, 6) is 3.58. The zero-order valence-electron chi connectivity index (χ0n) is 30.5. The summed E-state index contributed by atoms with van der Waals surface area (Å²) < 4.78 is 17.9. The van der Waals surface area contributed by atoms with Gasteiger partial charge in [0.05, 0.1) is 19.8 Å². The Morgan fingerprint density at radius 3 is 2.66 bits per heavy atom. The number of hydrogen-bond acceptors (Lipinski definition) is 7. The first-order valence-corrected chi connectivity index (χ1v) is 19.8. The van der Waals surface area contributed by atoms with Crippen LogP contribution in [0.3, 0.4) is 0 Å². The molecule has 0 bridgehead atoms. The number of aliphatic hydroxyl groups is 2. The van der Waals surface area contributed by atoms with Gasteiger partial charge in [0.25, 0.3) is 0 Å². The van der Waals surface area contributed by atoms with E-state index in [-0.39, 0.29) is 41.2 Å². The smallest absolute Gasteiger partial charge is 0.345 e. The van der Waals surface area contributed by atoms with Crippen molar-refractivity contribution in [2.24, 2.45) is 35.5 Å². The van der Waals surface area contributed by atoms with E-state index in [2.05, 4.69) is 61.2 Å². The lowest BCUT2D eigenvalue weighted by atomic mass is 9.70. The zero-order valence-corrected chi connectivity index (χ0v) is 30.5. The summed E-state index contributed by atoms with van der Waals surface area (Å²) in [5.41, 5.74) is 2.96. The largest absolute Gasteiger partial charge is 0.492 e. The number of piperidine rings is 1. The molecule has 4 aliphatic heterocycles. The number of allylic oxidation sites excluding steroid dienone is 2. The first kappa shape index (κ1) is 35.5. The molecule has 50 heavy (non-hydrogen) atoms. The van der Waals surface area contributed by atoms with Crippen LogP contribution in [-0.2, 0) is 31.8 Å². The van der Waals surface area contributed by atoms with Gasteiger partial charge in [0.1, 0.15) is 11.3 Å². The summed E-state index contributed by atoms with van der Waals surface area (Å²) in [6.07, 6.45) is 22.9. The molecule has 1 aromatic rings. The maximum absolute atomic E-state index is 12.7. The highest BCUT2D eigenvalue weighted by Crippen LogP contribution is 2.51. The van der Waals surface area contributed by atoms with Gasteiger partial charge in [-0.05, 0) is 86.3 Å². The third kappa shape index (κ3) is 7.12. The molecule has 6 aliphatic rings. The van der Waals surface area contributed by atoms with Gasteiger partial charge in [0, 0.05) is 36.4 Å². The summed E-state index contributed by atoms with van der Waals surface area (Å²) in [4.78, 5) is 15.3. The van der Waals surface area contributed by atoms with E-state index in [0.29, 0.717) is 23.4 Å². The maximum Gasteiger partial charge on any atom is 0.345 e. The molecular formula is C43H59NO6. The average molecular weight is 686 g/mol. The molecule has 7 rings (SSSR count). The predicted molar refractivity (Wildman–Crippen MR) is 194 cm³/mol. The number of ether oxygens (including phenoxy) is 3. The topological polar surface area (TPSA) is 88.5 Å². The zero-order chi connectivity index (χ0) is 34.8. The van der Waals surface area contributed by atoms with Gasteiger partial charge in [-0.1, -0.05) is 88.8 Å². The van der Waals surface area contributed by atoms with Crippen LogP contribution in [0.25, 0.3) is 0 Å². The van der Waals surface area contributed by atoms with Crippen LogP contribution in [0.15, 0.2) is 71.1 Å². The van der Waals surface area contributed by atoms with Crippen molar-refractivity contribution in [3.63, 3.8) is 0 Å². The van der Waals surface area contributed by atoms with E-state index in [1.165, 1.54) is 63.2 Å². The van der Waals surface area contributed by atoms with Crippen molar-refractivity contribution < 1.29 is 29.2 Å². The second-order valence-electron chi connectivity index (χ2n) is 16.1. The lowest BCUT2D eigenvalue weighted by Crippen LogP contribution is -2.58. The van der Waals surface area contributed by atoms with Gasteiger partial charge in [0.15, 0.2) is 11.5 Å². The number of methoxy groups -OCH3 is 1. The van der Waals surface area contributed by atoms with Gasteiger partial charge in [-0.15, -0.1) is 0 Å². The highest BCUT2D eigenvalue weighted by molar-refractivity contribution is 5.94. The van der Waals surface area contributed by atoms with E-state index in [0.717, 1.165) is 63.2 Å². The molecule has 272 valence electrons. The Morgan fingerprint density at radius 1 is 1.06 bits per heavy atom. The molecule has 2 aliphatic carbocycles. The molecule has 8 atom stereocenters. The molecule has 2 saturated heterocycles. The van der Waals surface area contributed by atoms with E-state index in [1.54, 1.807) is 0 Å². The summed E-state index contributed by atoms with van der Waals surface area (Å²) in [6.45, 7) is 4.87. The van der Waals surface area contributed by atoms with E-state index in [4.69, 9.17) is 14.2 Å². The fourth-order valence-electron chi connectivity index (χ4n) is 10.6. The van der Waals surface area contributed by atoms with Crippen LogP contribution in [0.2, 0.25) is 0 Å². The minimum Gasteiger partial charge on any atom is -0.492 e. The lowest BCUT2D eigenvalue weighted by molar-refractivity contribution is -0.133. The van der Waals surface area contributed by atoms with Crippen LogP contribution >= 0.6 is 0 Å². The SMILES string of the molecule is CCCCCc1cccc(C[C@H]2C[C@@H]([C@@H](O)[C@@H]3C=CC[C@@H](C4CCCC4)C3)N3CCC=C4O/C(=C5\OC(=O)C(CO)=C5OC)[C@@H](C)[C@@H]4[C@@H]3C2)c1. The van der Waals surface area contributed by atoms with E-state index >= 15 is 0 Å². The number of aryl methyl sites for hydroxylation is 1. The van der Waals surface area contributed by atoms with Crippen molar-refractivity contribution in [1.82, 2.24) is 4.90 Å². The number of fused-ring (bicyclic) bond motifs is 3. The Hall–Kier alpha value is -2.87. The molecule has 0 aromatic heterocycles. The molecule has 4 heterocycles. The molecule has 2 N–H and O–H groups in total. The number of esters is 1. The second kappa shape index (κ2) is 15.8. The highest BCUT2D eigenvalue weighted by atomic mass is 16.6. The standard InChI is InChI=1S/C43H59NO6/c1-4-5-6-12-28-13-9-14-29(21-28)22-30-23-35-38-27(2)40(42-41(48-3)34(26-45)43(47)50-42)49-37(38)19-11-20-44(35)36(24-30)39(46)33-18-10-17-32(25-33)31-15-7-8-16-31/h9-10,13-14,18-19,21,27,30-33,35-36,38-39,45-46H,4-8,11-12,15-17,20,22-26H2,1-3H3/b42-40-/t27-,30+,32+,33+,35-,36-,38+,39-/m0/s1. The average Bonchev–Trinajstić information content (AvgIpc) is 3.83. The minimum atomic E-state index is -0.584. The van der Waals surface area contributed by atoms with Crippen molar-refractivity contribution in [2.75, 3.05) is 20.3 Å². The van der Waals surface area contributed by atoms with E-state index < -0.39 is 18.7 Å². The van der Waals surface area contributed by atoms with Crippen LogP contribution < -0.4 is 0 Å². The molecule has 0 radical (unpaired) electrons. The summed E-state index contributed by atoms with van der Waals surface area (Å²) >= 11 is 0. The Kier molecular flexibility index (Phi) is 11.2. The molecule has 0 spiro atoms. The number of carbonyl (C=O) groups excluding carboxylic acids is 1. The maximum atomic E-state index is 12.7. The Balaban J connectivity index is 1.19. The fourth-order valence-corrected chi connectivity index (χ4v) is 10.6. The van der Waals surface area contributed by atoms with E-state index in [9.17, 15) is 15.0 Å². The van der Waals surface area contributed by atoms with E-state index in [1.807, 2.05) is 0 Å². The molecule has 1 saturated carbocycles. The van der Waals surface area contributed by atoms with Crippen LogP contribution in [0.5, 0.6) is 0 Å². The summed E-state index contributed by atoms with van der Waals surface area (Å²) in [6, 6.07) is 9.46.